The Hall–Kier alpha value is -3.65. The number of rotatable bonds is 7. The van der Waals surface area contributed by atoms with Crippen LogP contribution in [0, 0.1) is 0 Å². The third kappa shape index (κ3) is 4.33. The summed E-state index contributed by atoms with van der Waals surface area (Å²) in [5.74, 6) is 0.362. The Kier molecular flexibility index (Phi) is 5.76. The van der Waals surface area contributed by atoms with E-state index in [-0.39, 0.29) is 18.4 Å². The molecule has 2 N–H and O–H groups in total. The number of furan rings is 1. The average molecular weight is 421 g/mol. The summed E-state index contributed by atoms with van der Waals surface area (Å²) in [4.78, 5) is 29.0. The van der Waals surface area contributed by atoms with E-state index >= 15 is 0 Å². The molecule has 8 heteroatoms. The molecule has 0 fully saturated rings. The minimum absolute atomic E-state index is 0.182. The molecule has 2 amide bonds. The molecule has 152 valence electrons. The largest absolute Gasteiger partial charge is 0.493 e. The van der Waals surface area contributed by atoms with Crippen LogP contribution in [0.4, 0.5) is 5.13 Å². The zero-order valence-corrected chi connectivity index (χ0v) is 17.0. The van der Waals surface area contributed by atoms with Crippen molar-refractivity contribution in [2.75, 3.05) is 18.5 Å². The molecule has 0 saturated carbocycles. The highest BCUT2D eigenvalue weighted by Gasteiger charge is 2.15. The van der Waals surface area contributed by atoms with E-state index in [9.17, 15) is 9.59 Å². The summed E-state index contributed by atoms with van der Waals surface area (Å²) >= 11 is 1.29. The van der Waals surface area contributed by atoms with Crippen molar-refractivity contribution in [1.29, 1.82) is 0 Å². The molecule has 0 spiro atoms. The first-order chi connectivity index (χ1) is 14.6. The number of fused-ring (bicyclic) bond motifs is 1. The number of carbonyl (C=O) groups is 2. The lowest BCUT2D eigenvalue weighted by molar-refractivity contribution is -0.115. The molecule has 0 saturated heterocycles. The molecule has 4 rings (SSSR count). The van der Waals surface area contributed by atoms with Crippen LogP contribution in [0.1, 0.15) is 17.3 Å². The molecule has 0 bridgehead atoms. The number of amides is 2. The third-order valence-corrected chi connectivity index (χ3v) is 5.03. The Balaban J connectivity index is 1.36. The first-order valence-corrected chi connectivity index (χ1v) is 10.3. The van der Waals surface area contributed by atoms with Gasteiger partial charge in [0.2, 0.25) is 5.91 Å². The number of nitrogens with one attached hydrogen (secondary N) is 2. The topological polar surface area (TPSA) is 93.5 Å². The van der Waals surface area contributed by atoms with Crippen molar-refractivity contribution in [3.05, 3.63) is 65.5 Å². The van der Waals surface area contributed by atoms with Gasteiger partial charge in [-0.05, 0) is 31.2 Å². The molecule has 0 unspecified atom stereocenters. The lowest BCUT2D eigenvalue weighted by Crippen LogP contribution is -2.33. The van der Waals surface area contributed by atoms with Crippen LogP contribution in [-0.2, 0) is 4.79 Å². The highest BCUT2D eigenvalue weighted by atomic mass is 32.1. The van der Waals surface area contributed by atoms with E-state index < -0.39 is 0 Å². The van der Waals surface area contributed by atoms with E-state index in [1.54, 1.807) is 24.3 Å². The normalized spacial score (nSPS) is 10.7. The molecule has 7 nitrogen and oxygen atoms in total. The van der Waals surface area contributed by atoms with Crippen LogP contribution >= 0.6 is 11.3 Å². The van der Waals surface area contributed by atoms with Crippen molar-refractivity contribution >= 4 is 39.3 Å². The number of hydrogen-bond acceptors (Lipinski definition) is 6. The number of anilines is 1. The average Bonchev–Trinajstić information content (AvgIpc) is 3.39. The summed E-state index contributed by atoms with van der Waals surface area (Å²) in [5.41, 5.74) is 1.80. The van der Waals surface area contributed by atoms with Crippen LogP contribution in [0.15, 0.2) is 64.4 Å². The van der Waals surface area contributed by atoms with Gasteiger partial charge in [-0.15, -0.1) is 11.3 Å². The number of thiazole rings is 1. The Labute approximate surface area is 176 Å². The first kappa shape index (κ1) is 19.7. The zero-order chi connectivity index (χ0) is 20.9. The summed E-state index contributed by atoms with van der Waals surface area (Å²) in [7, 11) is 0. The van der Waals surface area contributed by atoms with Gasteiger partial charge in [-0.25, -0.2) is 4.98 Å². The van der Waals surface area contributed by atoms with Gasteiger partial charge in [0.1, 0.15) is 17.0 Å². The Morgan fingerprint density at radius 3 is 2.77 bits per heavy atom. The molecule has 0 atom stereocenters. The lowest BCUT2D eigenvalue weighted by atomic mass is 10.2. The van der Waals surface area contributed by atoms with E-state index in [1.165, 1.54) is 11.3 Å². The van der Waals surface area contributed by atoms with Crippen molar-refractivity contribution in [2.24, 2.45) is 0 Å². The van der Waals surface area contributed by atoms with Crippen LogP contribution in [-0.4, -0.2) is 29.9 Å². The standard InChI is InChI=1S/C22H19N3O4S/c1-2-28-18-10-6-4-8-15(18)21(27)23-12-20(26)25-22-24-16(13-30-22)19-11-14-7-3-5-9-17(14)29-19/h3-11,13H,2,12H2,1H3,(H,23,27)(H,24,25,26). The number of nitrogens with zero attached hydrogens (tertiary/aromatic N) is 1. The van der Waals surface area contributed by atoms with Crippen molar-refractivity contribution in [3.8, 4) is 17.2 Å². The fraction of sp³-hybridized carbons (Fsp3) is 0.136. The molecule has 2 aromatic heterocycles. The van der Waals surface area contributed by atoms with E-state index in [0.29, 0.717) is 34.5 Å². The van der Waals surface area contributed by atoms with E-state index in [0.717, 1.165) is 11.0 Å². The minimum Gasteiger partial charge on any atom is -0.493 e. The third-order valence-electron chi connectivity index (χ3n) is 4.27. The van der Waals surface area contributed by atoms with Gasteiger partial charge >= 0.3 is 0 Å². The van der Waals surface area contributed by atoms with Gasteiger partial charge in [-0.3, -0.25) is 9.59 Å². The molecule has 2 heterocycles. The monoisotopic (exact) mass is 421 g/mol. The van der Waals surface area contributed by atoms with Crippen molar-refractivity contribution in [2.45, 2.75) is 6.92 Å². The fourth-order valence-corrected chi connectivity index (χ4v) is 3.62. The minimum atomic E-state index is -0.378. The van der Waals surface area contributed by atoms with E-state index in [2.05, 4.69) is 15.6 Å². The second-order valence-corrected chi connectivity index (χ2v) is 7.20. The highest BCUT2D eigenvalue weighted by Crippen LogP contribution is 2.30. The second-order valence-electron chi connectivity index (χ2n) is 6.35. The van der Waals surface area contributed by atoms with Crippen molar-refractivity contribution in [3.63, 3.8) is 0 Å². The summed E-state index contributed by atoms with van der Waals surface area (Å²) in [6.07, 6.45) is 0. The molecule has 0 aliphatic carbocycles. The van der Waals surface area contributed by atoms with E-state index in [4.69, 9.17) is 9.15 Å². The Morgan fingerprint density at radius 2 is 1.93 bits per heavy atom. The molecule has 0 radical (unpaired) electrons. The van der Waals surface area contributed by atoms with Crippen LogP contribution in [0.2, 0.25) is 0 Å². The van der Waals surface area contributed by atoms with Gasteiger partial charge < -0.3 is 19.8 Å². The van der Waals surface area contributed by atoms with Gasteiger partial charge in [0.15, 0.2) is 10.9 Å². The molecule has 0 aliphatic heterocycles. The maximum atomic E-state index is 12.4. The summed E-state index contributed by atoms with van der Waals surface area (Å²) in [6, 6.07) is 16.5. The summed E-state index contributed by atoms with van der Waals surface area (Å²) in [5, 5.41) is 8.52. The van der Waals surface area contributed by atoms with Gasteiger partial charge in [0.05, 0.1) is 18.7 Å². The number of aromatic nitrogens is 1. The van der Waals surface area contributed by atoms with Gasteiger partial charge in [0.25, 0.3) is 5.91 Å². The number of carbonyl (C=O) groups excluding carboxylic acids is 2. The SMILES string of the molecule is CCOc1ccccc1C(=O)NCC(=O)Nc1nc(-c2cc3ccccc3o2)cs1. The molecular weight excluding hydrogens is 402 g/mol. The maximum absolute atomic E-state index is 12.4. The quantitative estimate of drug-likeness (QED) is 0.463. The van der Waals surface area contributed by atoms with Crippen LogP contribution in [0.3, 0.4) is 0 Å². The van der Waals surface area contributed by atoms with Gasteiger partial charge in [0, 0.05) is 10.8 Å². The predicted octanol–water partition coefficient (Wildman–Crippen LogP) is 4.32. The molecule has 4 aromatic rings. The molecule has 2 aromatic carbocycles. The molecular formula is C22H19N3O4S. The summed E-state index contributed by atoms with van der Waals surface area (Å²) in [6.45, 7) is 2.11. The van der Waals surface area contributed by atoms with Gasteiger partial charge in [-0.1, -0.05) is 30.3 Å². The first-order valence-electron chi connectivity index (χ1n) is 9.38. The number of ether oxygens (including phenoxy) is 1. The van der Waals surface area contributed by atoms with Gasteiger partial charge in [-0.2, -0.15) is 0 Å². The van der Waals surface area contributed by atoms with Crippen LogP contribution in [0.25, 0.3) is 22.4 Å². The summed E-state index contributed by atoms with van der Waals surface area (Å²) < 4.78 is 11.2. The number of para-hydroxylation sites is 2. The lowest BCUT2D eigenvalue weighted by Gasteiger charge is -2.10. The zero-order valence-electron chi connectivity index (χ0n) is 16.2. The second kappa shape index (κ2) is 8.79. The van der Waals surface area contributed by atoms with Crippen molar-refractivity contribution in [1.82, 2.24) is 10.3 Å². The maximum Gasteiger partial charge on any atom is 0.255 e. The fourth-order valence-electron chi connectivity index (χ4n) is 2.91. The predicted molar refractivity (Wildman–Crippen MR) is 116 cm³/mol. The Bertz CT molecular complexity index is 1160. The smallest absolute Gasteiger partial charge is 0.255 e. The number of benzene rings is 2. The molecule has 30 heavy (non-hydrogen) atoms. The number of hydrogen-bond donors (Lipinski definition) is 2. The highest BCUT2D eigenvalue weighted by molar-refractivity contribution is 7.14. The van der Waals surface area contributed by atoms with Crippen LogP contribution in [0.5, 0.6) is 5.75 Å². The van der Waals surface area contributed by atoms with E-state index in [1.807, 2.05) is 42.6 Å². The van der Waals surface area contributed by atoms with Crippen molar-refractivity contribution < 1.29 is 18.7 Å². The van der Waals surface area contributed by atoms with Crippen LogP contribution < -0.4 is 15.4 Å². The molecule has 0 aliphatic rings. The Morgan fingerprint density at radius 1 is 1.13 bits per heavy atom.